The van der Waals surface area contributed by atoms with Crippen LogP contribution in [0.5, 0.6) is 0 Å². The fraction of sp³-hybridized carbons (Fsp3) is 0.737. The highest BCUT2D eigenvalue weighted by Crippen LogP contribution is 2.25. The molecule has 2 aliphatic heterocycles. The van der Waals surface area contributed by atoms with E-state index in [4.69, 9.17) is 4.74 Å². The summed E-state index contributed by atoms with van der Waals surface area (Å²) in [6.07, 6.45) is 0.707. The monoisotopic (exact) mass is 378 g/mol. The number of H-pyrrole nitrogens is 1. The molecule has 2 fully saturated rings. The second kappa shape index (κ2) is 8.95. The molecule has 2 N–H and O–H groups in total. The number of aliphatic hydroxyl groups is 1. The highest BCUT2D eigenvalue weighted by Gasteiger charge is 2.36. The third-order valence-electron chi connectivity index (χ3n) is 5.69. The molecule has 3 rings (SSSR count). The Kier molecular flexibility index (Phi) is 6.62. The number of aromatic nitrogens is 2. The van der Waals surface area contributed by atoms with Crippen LogP contribution in [0.3, 0.4) is 0 Å². The van der Waals surface area contributed by atoms with Crippen molar-refractivity contribution in [3.63, 3.8) is 0 Å². The summed E-state index contributed by atoms with van der Waals surface area (Å²) in [5, 5.41) is 9.75. The largest absolute Gasteiger partial charge is 0.396 e. The molecule has 150 valence electrons. The number of aromatic amines is 1. The molecule has 8 nitrogen and oxygen atoms in total. The van der Waals surface area contributed by atoms with Crippen LogP contribution in [-0.4, -0.2) is 83.3 Å². The van der Waals surface area contributed by atoms with Gasteiger partial charge in [-0.15, -0.1) is 0 Å². The smallest absolute Gasteiger partial charge is 0.254 e. The minimum Gasteiger partial charge on any atom is -0.396 e. The lowest BCUT2D eigenvalue weighted by Crippen LogP contribution is -2.41. The predicted molar refractivity (Wildman–Crippen MR) is 101 cm³/mol. The number of aliphatic hydroxyl groups excluding tert-OH is 1. The van der Waals surface area contributed by atoms with Crippen LogP contribution >= 0.6 is 0 Å². The van der Waals surface area contributed by atoms with Crippen LogP contribution < -0.4 is 5.56 Å². The van der Waals surface area contributed by atoms with E-state index in [1.807, 2.05) is 6.92 Å². The lowest BCUT2D eigenvalue weighted by molar-refractivity contribution is -0.129. The fourth-order valence-corrected chi connectivity index (χ4v) is 3.98. The van der Waals surface area contributed by atoms with Crippen LogP contribution in [0.2, 0.25) is 0 Å². The zero-order valence-electron chi connectivity index (χ0n) is 16.2. The maximum atomic E-state index is 12.8. The van der Waals surface area contributed by atoms with Crippen molar-refractivity contribution < 1.29 is 14.6 Å². The molecular weight excluding hydrogens is 348 g/mol. The summed E-state index contributed by atoms with van der Waals surface area (Å²) in [5.74, 6) is 0.896. The maximum absolute atomic E-state index is 12.8. The minimum absolute atomic E-state index is 0.0561. The van der Waals surface area contributed by atoms with Crippen LogP contribution in [-0.2, 0) is 22.4 Å². The Labute approximate surface area is 159 Å². The van der Waals surface area contributed by atoms with Crippen LogP contribution in [0.4, 0.5) is 0 Å². The number of nitrogens with one attached hydrogen (secondary N) is 1. The second-order valence-electron chi connectivity index (χ2n) is 7.52. The highest BCUT2D eigenvalue weighted by atomic mass is 16.5. The van der Waals surface area contributed by atoms with E-state index in [0.29, 0.717) is 36.6 Å². The number of ether oxygens (including phenoxy) is 1. The minimum atomic E-state index is -0.226. The van der Waals surface area contributed by atoms with Crippen molar-refractivity contribution in [2.45, 2.75) is 26.7 Å². The van der Waals surface area contributed by atoms with Crippen LogP contribution in [0, 0.1) is 18.8 Å². The molecule has 0 unspecified atom stereocenters. The lowest BCUT2D eigenvalue weighted by atomic mass is 9.96. The lowest BCUT2D eigenvalue weighted by Gasteiger charge is -2.30. The Balaban J connectivity index is 1.64. The molecule has 0 radical (unpaired) electrons. The zero-order valence-corrected chi connectivity index (χ0v) is 16.2. The van der Waals surface area contributed by atoms with Crippen molar-refractivity contribution in [3.05, 3.63) is 27.4 Å². The fourth-order valence-electron chi connectivity index (χ4n) is 3.98. The zero-order chi connectivity index (χ0) is 19.4. The molecule has 0 bridgehead atoms. The van der Waals surface area contributed by atoms with E-state index in [1.54, 1.807) is 11.8 Å². The molecule has 2 aliphatic rings. The number of amides is 1. The van der Waals surface area contributed by atoms with Crippen LogP contribution in [0.1, 0.15) is 24.0 Å². The summed E-state index contributed by atoms with van der Waals surface area (Å²) >= 11 is 0. The molecule has 27 heavy (non-hydrogen) atoms. The second-order valence-corrected chi connectivity index (χ2v) is 7.52. The summed E-state index contributed by atoms with van der Waals surface area (Å²) in [6.45, 7) is 9.08. The molecule has 1 aromatic heterocycles. The molecule has 8 heteroatoms. The summed E-state index contributed by atoms with van der Waals surface area (Å²) in [7, 11) is 0. The number of nitrogens with zero attached hydrogens (tertiary/aromatic N) is 3. The number of aryl methyl sites for hydroxylation is 2. The molecule has 3 heterocycles. The Morgan fingerprint density at radius 1 is 1.30 bits per heavy atom. The van der Waals surface area contributed by atoms with Gasteiger partial charge in [0.1, 0.15) is 5.82 Å². The standard InChI is InChI=1S/C19H30N4O4/c1-3-17-20-13(2)16(19(26)21-17)8-18(25)23-10-14(15(11-23)12-24)9-22-4-6-27-7-5-22/h14-15,24H,3-12H2,1-2H3,(H,20,21,26)/t14-,15-/m1/s1. The van der Waals surface area contributed by atoms with Crippen molar-refractivity contribution >= 4 is 5.91 Å². The summed E-state index contributed by atoms with van der Waals surface area (Å²) in [5.41, 5.74) is 0.830. The van der Waals surface area contributed by atoms with Crippen molar-refractivity contribution in [3.8, 4) is 0 Å². The Hall–Kier alpha value is -1.77. The first kappa shape index (κ1) is 20.0. The van der Waals surface area contributed by atoms with Gasteiger partial charge >= 0.3 is 0 Å². The van der Waals surface area contributed by atoms with E-state index in [0.717, 1.165) is 32.8 Å². The highest BCUT2D eigenvalue weighted by molar-refractivity contribution is 5.79. The Morgan fingerprint density at radius 2 is 2.00 bits per heavy atom. The number of carbonyl (C=O) groups is 1. The van der Waals surface area contributed by atoms with Crippen LogP contribution in [0.25, 0.3) is 0 Å². The number of hydrogen-bond donors (Lipinski definition) is 2. The SMILES string of the molecule is CCc1nc(C)c(CC(=O)N2C[C@@H](CN3CCOCC3)[C@@H](CO)C2)c(=O)[nH]1. The Bertz CT molecular complexity index is 714. The van der Waals surface area contributed by atoms with Gasteiger partial charge in [-0.05, 0) is 12.8 Å². The number of carbonyl (C=O) groups excluding carboxylic acids is 1. The first-order valence-electron chi connectivity index (χ1n) is 9.79. The van der Waals surface area contributed by atoms with Crippen molar-refractivity contribution in [1.29, 1.82) is 0 Å². The van der Waals surface area contributed by atoms with E-state index in [2.05, 4.69) is 14.9 Å². The summed E-state index contributed by atoms with van der Waals surface area (Å²) in [4.78, 5) is 36.3. The predicted octanol–water partition coefficient (Wildman–Crippen LogP) is -0.418. The van der Waals surface area contributed by atoms with Gasteiger partial charge in [-0.2, -0.15) is 0 Å². The molecular formula is C19H30N4O4. The van der Waals surface area contributed by atoms with Crippen molar-refractivity contribution in [2.75, 3.05) is 52.5 Å². The van der Waals surface area contributed by atoms with E-state index in [9.17, 15) is 14.7 Å². The number of hydrogen-bond acceptors (Lipinski definition) is 6. The summed E-state index contributed by atoms with van der Waals surface area (Å²) in [6, 6.07) is 0. The van der Waals surface area contributed by atoms with Gasteiger partial charge in [0.05, 0.1) is 19.6 Å². The van der Waals surface area contributed by atoms with Gasteiger partial charge in [-0.1, -0.05) is 6.92 Å². The van der Waals surface area contributed by atoms with Crippen molar-refractivity contribution in [1.82, 2.24) is 19.8 Å². The van der Waals surface area contributed by atoms with Gasteiger partial charge in [-0.3, -0.25) is 14.5 Å². The first-order valence-corrected chi connectivity index (χ1v) is 9.79. The van der Waals surface area contributed by atoms with Gasteiger partial charge in [0.15, 0.2) is 0 Å². The number of morpholine rings is 1. The third kappa shape index (κ3) is 4.75. The molecule has 2 atom stereocenters. The normalized spacial score (nSPS) is 23.7. The van der Waals surface area contributed by atoms with E-state index in [-0.39, 0.29) is 36.3 Å². The van der Waals surface area contributed by atoms with E-state index >= 15 is 0 Å². The van der Waals surface area contributed by atoms with Gasteiger partial charge in [0, 0.05) is 62.9 Å². The average Bonchev–Trinajstić information content (AvgIpc) is 3.08. The molecule has 1 aromatic rings. The van der Waals surface area contributed by atoms with E-state index in [1.165, 1.54) is 0 Å². The van der Waals surface area contributed by atoms with Gasteiger partial charge in [0.2, 0.25) is 5.91 Å². The average molecular weight is 378 g/mol. The maximum Gasteiger partial charge on any atom is 0.254 e. The topological polar surface area (TPSA) is 98.8 Å². The van der Waals surface area contributed by atoms with E-state index < -0.39 is 0 Å². The summed E-state index contributed by atoms with van der Waals surface area (Å²) < 4.78 is 5.39. The molecule has 0 aliphatic carbocycles. The number of rotatable bonds is 6. The molecule has 0 aromatic carbocycles. The molecule has 1 amide bonds. The Morgan fingerprint density at radius 3 is 2.63 bits per heavy atom. The molecule has 0 spiro atoms. The number of likely N-dealkylation sites (tertiary alicyclic amines) is 1. The first-order chi connectivity index (χ1) is 13.0. The van der Waals surface area contributed by atoms with Crippen molar-refractivity contribution in [2.24, 2.45) is 11.8 Å². The molecule has 2 saturated heterocycles. The molecule has 0 saturated carbocycles. The third-order valence-corrected chi connectivity index (χ3v) is 5.69. The quantitative estimate of drug-likeness (QED) is 0.698. The van der Waals surface area contributed by atoms with Gasteiger partial charge in [-0.25, -0.2) is 4.98 Å². The van der Waals surface area contributed by atoms with Gasteiger partial charge in [0.25, 0.3) is 5.56 Å². The van der Waals surface area contributed by atoms with Crippen LogP contribution in [0.15, 0.2) is 4.79 Å². The van der Waals surface area contributed by atoms with Gasteiger partial charge < -0.3 is 19.7 Å².